The second-order valence-electron chi connectivity index (χ2n) is 13.3. The Morgan fingerprint density at radius 1 is 0.514 bits per heavy atom. The number of ether oxygens (including phenoxy) is 4. The van der Waals surface area contributed by atoms with Crippen LogP contribution in [-0.2, 0) is 18.9 Å². The van der Waals surface area contributed by atoms with Crippen molar-refractivity contribution in [1.29, 1.82) is 0 Å². The maximum atomic E-state index is 10.2. The molecule has 0 heterocycles. The number of methoxy groups -OCH3 is 2. The standard InChI is InChI=1S/2C14H30O4.Sr.2H/c2*1-13(2,3)11(15)9-12(16)14(4,5)10-18-8-7-17-6;;;/h2*11-12,15-16H,7-10H2,1-6H3;;;/q;;+2;2*-1. The van der Waals surface area contributed by atoms with Gasteiger partial charge in [0.05, 0.1) is 64.1 Å². The smallest absolute Gasteiger partial charge is 1.00 e. The van der Waals surface area contributed by atoms with Crippen molar-refractivity contribution in [3.63, 3.8) is 0 Å². The third-order valence-corrected chi connectivity index (χ3v) is 6.51. The molecule has 4 N–H and O–H groups in total. The van der Waals surface area contributed by atoms with Crippen LogP contribution in [0.4, 0.5) is 0 Å². The normalized spacial score (nSPS) is 16.2. The predicted octanol–water partition coefficient (Wildman–Crippen LogP) is 3.51. The molecule has 0 amide bonds. The zero-order valence-corrected chi connectivity index (χ0v) is 29.6. The molecule has 0 saturated carbocycles. The molecule has 0 rings (SSSR count). The van der Waals surface area contributed by atoms with Crippen molar-refractivity contribution in [3.05, 3.63) is 0 Å². The van der Waals surface area contributed by atoms with Crippen molar-refractivity contribution >= 4 is 45.5 Å². The van der Waals surface area contributed by atoms with Gasteiger partial charge in [0, 0.05) is 37.9 Å². The number of aliphatic hydroxyl groups is 4. The van der Waals surface area contributed by atoms with E-state index in [0.29, 0.717) is 52.5 Å². The molecule has 0 aliphatic carbocycles. The van der Waals surface area contributed by atoms with Crippen molar-refractivity contribution in [2.45, 2.75) is 106 Å². The summed E-state index contributed by atoms with van der Waals surface area (Å²) < 4.78 is 20.7. The summed E-state index contributed by atoms with van der Waals surface area (Å²) in [6, 6.07) is 0. The molecule has 0 bridgehead atoms. The molecule has 0 aromatic heterocycles. The number of hydrogen-bond acceptors (Lipinski definition) is 8. The van der Waals surface area contributed by atoms with Crippen LogP contribution in [-0.4, -0.2) is 144 Å². The van der Waals surface area contributed by atoms with Gasteiger partial charge in [-0.05, 0) is 10.8 Å². The Bertz CT molecular complexity index is 507. The topological polar surface area (TPSA) is 118 Å². The van der Waals surface area contributed by atoms with E-state index in [-0.39, 0.29) is 70.0 Å². The second-order valence-corrected chi connectivity index (χ2v) is 13.3. The fourth-order valence-electron chi connectivity index (χ4n) is 2.92. The maximum absolute atomic E-state index is 10.2. The van der Waals surface area contributed by atoms with Gasteiger partial charge in [-0.1, -0.05) is 69.2 Å². The fourth-order valence-corrected chi connectivity index (χ4v) is 2.92. The summed E-state index contributed by atoms with van der Waals surface area (Å²) in [5.41, 5.74) is -1.18. The van der Waals surface area contributed by atoms with Gasteiger partial charge >= 0.3 is 45.5 Å². The summed E-state index contributed by atoms with van der Waals surface area (Å²) in [6.45, 7) is 22.6. The molecule has 0 aromatic rings. The van der Waals surface area contributed by atoms with Gasteiger partial charge in [0.25, 0.3) is 0 Å². The van der Waals surface area contributed by atoms with Crippen molar-refractivity contribution < 1.29 is 42.2 Å². The van der Waals surface area contributed by atoms with Crippen molar-refractivity contribution in [2.75, 3.05) is 53.9 Å². The van der Waals surface area contributed by atoms with Crippen molar-refractivity contribution in [1.82, 2.24) is 0 Å². The van der Waals surface area contributed by atoms with E-state index in [9.17, 15) is 20.4 Å². The van der Waals surface area contributed by atoms with Crippen LogP contribution in [0.5, 0.6) is 0 Å². The van der Waals surface area contributed by atoms with E-state index in [2.05, 4.69) is 0 Å². The van der Waals surface area contributed by atoms with Gasteiger partial charge in [0.1, 0.15) is 0 Å². The van der Waals surface area contributed by atoms with Gasteiger partial charge in [-0.3, -0.25) is 0 Å². The Kier molecular flexibility index (Phi) is 23.2. The minimum Gasteiger partial charge on any atom is -1.00 e. The molecule has 37 heavy (non-hydrogen) atoms. The minimum absolute atomic E-state index is 0. The van der Waals surface area contributed by atoms with Gasteiger partial charge < -0.3 is 42.2 Å². The first-order valence-corrected chi connectivity index (χ1v) is 13.1. The molecular weight excluding hydrogens is 552 g/mol. The Balaban J connectivity index is -0.000000183. The Morgan fingerprint density at radius 3 is 1.00 bits per heavy atom. The molecule has 0 radical (unpaired) electrons. The largest absolute Gasteiger partial charge is 2.00 e. The third kappa shape index (κ3) is 20.7. The Labute approximate surface area is 268 Å². The predicted molar refractivity (Wildman–Crippen MR) is 153 cm³/mol. The van der Waals surface area contributed by atoms with Crippen molar-refractivity contribution in [3.8, 4) is 0 Å². The third-order valence-electron chi connectivity index (χ3n) is 6.51. The van der Waals surface area contributed by atoms with Crippen LogP contribution in [0.25, 0.3) is 0 Å². The number of rotatable bonds is 16. The zero-order chi connectivity index (χ0) is 28.8. The zero-order valence-electron chi connectivity index (χ0n) is 28.1. The van der Waals surface area contributed by atoms with Gasteiger partial charge in [-0.2, -0.15) is 0 Å². The van der Waals surface area contributed by atoms with Crippen LogP contribution in [0.1, 0.15) is 84.9 Å². The number of aliphatic hydroxyl groups excluding tert-OH is 4. The van der Waals surface area contributed by atoms with E-state index in [0.717, 1.165) is 0 Å². The summed E-state index contributed by atoms with van der Waals surface area (Å²) in [4.78, 5) is 0. The van der Waals surface area contributed by atoms with Gasteiger partial charge in [0.2, 0.25) is 0 Å². The van der Waals surface area contributed by atoms with Gasteiger partial charge in [-0.25, -0.2) is 0 Å². The van der Waals surface area contributed by atoms with Crippen LogP contribution in [0.2, 0.25) is 0 Å². The van der Waals surface area contributed by atoms with E-state index in [1.807, 2.05) is 69.2 Å². The first-order valence-electron chi connectivity index (χ1n) is 13.1. The summed E-state index contributed by atoms with van der Waals surface area (Å²) in [6.07, 6.45) is -1.49. The van der Waals surface area contributed by atoms with E-state index in [1.54, 1.807) is 14.2 Å². The SMILES string of the molecule is COCCOCC(C)(C)C(O)CC(O)C(C)(C)C.COCCOCC(C)(C)C(O)CC(O)C(C)(C)C.[H-].[H-].[Sr+2]. The molecule has 8 nitrogen and oxygen atoms in total. The van der Waals surface area contributed by atoms with E-state index in [4.69, 9.17) is 18.9 Å². The quantitative estimate of drug-likeness (QED) is 0.154. The molecule has 0 aliphatic rings. The Morgan fingerprint density at radius 2 is 0.784 bits per heavy atom. The molecular formula is C28H62O8Sr. The summed E-state index contributed by atoms with van der Waals surface area (Å²) in [5, 5.41) is 40.4. The first kappa shape index (κ1) is 42.6. The molecule has 0 saturated heterocycles. The van der Waals surface area contributed by atoms with Crippen LogP contribution >= 0.6 is 0 Å². The van der Waals surface area contributed by atoms with E-state index >= 15 is 0 Å². The van der Waals surface area contributed by atoms with Crippen LogP contribution in [0, 0.1) is 21.7 Å². The molecule has 224 valence electrons. The Hall–Kier alpha value is 1.16. The minimum atomic E-state index is -0.589. The summed E-state index contributed by atoms with van der Waals surface area (Å²) in [7, 11) is 3.26. The molecule has 0 fully saturated rings. The van der Waals surface area contributed by atoms with E-state index < -0.39 is 24.4 Å². The van der Waals surface area contributed by atoms with Crippen LogP contribution in [0.3, 0.4) is 0 Å². The van der Waals surface area contributed by atoms with Crippen LogP contribution < -0.4 is 0 Å². The molecule has 4 unspecified atom stereocenters. The number of hydrogen-bond donors (Lipinski definition) is 4. The molecule has 9 heteroatoms. The average molecular weight is 614 g/mol. The summed E-state index contributed by atoms with van der Waals surface area (Å²) in [5.74, 6) is 0. The molecule has 4 atom stereocenters. The summed E-state index contributed by atoms with van der Waals surface area (Å²) >= 11 is 0. The maximum Gasteiger partial charge on any atom is 2.00 e. The fraction of sp³-hybridized carbons (Fsp3) is 1.00. The second kappa shape index (κ2) is 20.1. The molecule has 0 spiro atoms. The monoisotopic (exact) mass is 614 g/mol. The van der Waals surface area contributed by atoms with Crippen LogP contribution in [0.15, 0.2) is 0 Å². The van der Waals surface area contributed by atoms with Crippen molar-refractivity contribution in [2.24, 2.45) is 21.7 Å². The van der Waals surface area contributed by atoms with Gasteiger partial charge in [0.15, 0.2) is 0 Å². The average Bonchev–Trinajstić information content (AvgIpc) is 2.73. The molecule has 0 aliphatic heterocycles. The van der Waals surface area contributed by atoms with Gasteiger partial charge in [-0.15, -0.1) is 0 Å². The molecule has 0 aromatic carbocycles. The first-order chi connectivity index (χ1) is 16.2. The van der Waals surface area contributed by atoms with E-state index in [1.165, 1.54) is 0 Å².